The van der Waals surface area contributed by atoms with E-state index in [1.54, 1.807) is 7.11 Å². The molecule has 0 bridgehead atoms. The highest BCUT2D eigenvalue weighted by Gasteiger charge is 2.21. The van der Waals surface area contributed by atoms with Gasteiger partial charge in [-0.1, -0.05) is 42.3 Å². The summed E-state index contributed by atoms with van der Waals surface area (Å²) in [6, 6.07) is 5.10. The molecule has 0 radical (unpaired) electrons. The van der Waals surface area contributed by atoms with Gasteiger partial charge in [-0.25, -0.2) is 4.39 Å². The fourth-order valence-corrected chi connectivity index (χ4v) is 2.80. The van der Waals surface area contributed by atoms with Crippen molar-refractivity contribution in [1.82, 2.24) is 5.32 Å². The maximum Gasteiger partial charge on any atom is 0.124 e. The third-order valence-corrected chi connectivity index (χ3v) is 3.98. The summed E-state index contributed by atoms with van der Waals surface area (Å²) in [4.78, 5) is 0. The van der Waals surface area contributed by atoms with E-state index < -0.39 is 0 Å². The lowest BCUT2D eigenvalue weighted by Crippen LogP contribution is -2.42. The van der Waals surface area contributed by atoms with Crippen LogP contribution in [0.1, 0.15) is 32.3 Å². The molecule has 1 rings (SSSR count). The zero-order valence-electron chi connectivity index (χ0n) is 11.9. The lowest BCUT2D eigenvalue weighted by Gasteiger charge is -2.27. The van der Waals surface area contributed by atoms with E-state index >= 15 is 0 Å². The Labute approximate surface area is 123 Å². The Morgan fingerprint density at radius 1 is 1.37 bits per heavy atom. The van der Waals surface area contributed by atoms with Gasteiger partial charge in [0.15, 0.2) is 0 Å². The second kappa shape index (κ2) is 8.67. The summed E-state index contributed by atoms with van der Waals surface area (Å²) in [6.07, 6.45) is 3.12. The Hall–Kier alpha value is -0.450. The molecule has 1 aromatic carbocycles. The monoisotopic (exact) mass is 331 g/mol. The number of nitrogens with one attached hydrogen (secondary N) is 1. The molecule has 0 saturated heterocycles. The van der Waals surface area contributed by atoms with E-state index in [0.29, 0.717) is 0 Å². The first-order valence-corrected chi connectivity index (χ1v) is 7.61. The first-order valence-electron chi connectivity index (χ1n) is 6.82. The Balaban J connectivity index is 2.81. The molecule has 1 aromatic rings. The molecule has 1 N–H and O–H groups in total. The summed E-state index contributed by atoms with van der Waals surface area (Å²) in [7, 11) is 1.75. The molecule has 108 valence electrons. The highest BCUT2D eigenvalue weighted by atomic mass is 79.9. The molecule has 0 aliphatic heterocycles. The third-order valence-electron chi connectivity index (χ3n) is 3.25. The maximum atomic E-state index is 13.1. The van der Waals surface area contributed by atoms with Gasteiger partial charge >= 0.3 is 0 Å². The van der Waals surface area contributed by atoms with E-state index in [1.165, 1.54) is 12.1 Å². The van der Waals surface area contributed by atoms with Crippen LogP contribution in [0.15, 0.2) is 22.7 Å². The number of benzene rings is 1. The van der Waals surface area contributed by atoms with Crippen LogP contribution in [0.2, 0.25) is 0 Å². The van der Waals surface area contributed by atoms with Crippen LogP contribution in [0, 0.1) is 5.82 Å². The van der Waals surface area contributed by atoms with Crippen molar-refractivity contribution in [3.63, 3.8) is 0 Å². The van der Waals surface area contributed by atoms with Gasteiger partial charge in [-0.05, 0) is 37.1 Å². The van der Waals surface area contributed by atoms with E-state index in [9.17, 15) is 4.39 Å². The predicted molar refractivity (Wildman–Crippen MR) is 81.0 cm³/mol. The van der Waals surface area contributed by atoms with Crippen molar-refractivity contribution in [2.75, 3.05) is 13.7 Å². The van der Waals surface area contributed by atoms with Crippen LogP contribution < -0.4 is 5.32 Å². The van der Waals surface area contributed by atoms with Crippen molar-refractivity contribution in [1.29, 1.82) is 0 Å². The summed E-state index contributed by atoms with van der Waals surface area (Å²) in [5, 5.41) is 3.47. The maximum absolute atomic E-state index is 13.1. The predicted octanol–water partition coefficient (Wildman–Crippen LogP) is 3.92. The molecule has 0 heterocycles. The van der Waals surface area contributed by atoms with E-state index in [2.05, 4.69) is 35.1 Å². The van der Waals surface area contributed by atoms with Crippen LogP contribution in [-0.2, 0) is 11.2 Å². The normalized spacial score (nSPS) is 14.4. The van der Waals surface area contributed by atoms with E-state index in [4.69, 9.17) is 4.74 Å². The largest absolute Gasteiger partial charge is 0.380 e. The number of likely N-dealkylation sites (N-methyl/N-ethyl adjacent to an activating group) is 1. The van der Waals surface area contributed by atoms with Gasteiger partial charge in [-0.15, -0.1) is 0 Å². The number of ether oxygens (including phenoxy) is 1. The highest BCUT2D eigenvalue weighted by molar-refractivity contribution is 9.10. The van der Waals surface area contributed by atoms with Crippen LogP contribution in [0.25, 0.3) is 0 Å². The highest BCUT2D eigenvalue weighted by Crippen LogP contribution is 2.21. The van der Waals surface area contributed by atoms with E-state index in [1.807, 2.05) is 6.07 Å². The summed E-state index contributed by atoms with van der Waals surface area (Å²) < 4.78 is 19.5. The number of hydrogen-bond acceptors (Lipinski definition) is 2. The van der Waals surface area contributed by atoms with Gasteiger partial charge in [0.1, 0.15) is 5.82 Å². The van der Waals surface area contributed by atoms with Crippen molar-refractivity contribution in [2.45, 2.75) is 45.3 Å². The van der Waals surface area contributed by atoms with Gasteiger partial charge in [-0.2, -0.15) is 0 Å². The summed E-state index contributed by atoms with van der Waals surface area (Å²) >= 11 is 3.43. The van der Waals surface area contributed by atoms with Crippen LogP contribution in [-0.4, -0.2) is 25.8 Å². The summed E-state index contributed by atoms with van der Waals surface area (Å²) in [5.74, 6) is -0.215. The lowest BCUT2D eigenvalue weighted by molar-refractivity contribution is 0.0613. The van der Waals surface area contributed by atoms with Gasteiger partial charge in [0.05, 0.1) is 6.10 Å². The molecule has 0 aromatic heterocycles. The molecule has 2 nitrogen and oxygen atoms in total. The second-order valence-electron chi connectivity index (χ2n) is 4.67. The Kier molecular flexibility index (Phi) is 7.57. The van der Waals surface area contributed by atoms with Crippen molar-refractivity contribution in [3.8, 4) is 0 Å². The average Bonchev–Trinajstić information content (AvgIpc) is 2.38. The SMILES string of the molecule is CCCC(OC)C(Cc1ccc(F)cc1Br)NCC. The number of rotatable bonds is 8. The Morgan fingerprint density at radius 2 is 2.11 bits per heavy atom. The number of hydrogen-bond donors (Lipinski definition) is 1. The molecule has 0 spiro atoms. The fraction of sp³-hybridized carbons (Fsp3) is 0.600. The minimum absolute atomic E-state index is 0.182. The van der Waals surface area contributed by atoms with Gasteiger partial charge in [0, 0.05) is 17.6 Å². The van der Waals surface area contributed by atoms with Crippen LogP contribution in [0.3, 0.4) is 0 Å². The van der Waals surface area contributed by atoms with Crippen LogP contribution in [0.4, 0.5) is 4.39 Å². The summed E-state index contributed by atoms with van der Waals surface area (Å²) in [5.41, 5.74) is 1.10. The van der Waals surface area contributed by atoms with Gasteiger partial charge < -0.3 is 10.1 Å². The zero-order chi connectivity index (χ0) is 14.3. The van der Waals surface area contributed by atoms with E-state index in [-0.39, 0.29) is 18.0 Å². The van der Waals surface area contributed by atoms with Crippen molar-refractivity contribution >= 4 is 15.9 Å². The standard InChI is InChI=1S/C15H23BrFNO/c1-4-6-15(19-3)14(18-5-2)9-11-7-8-12(17)10-13(11)16/h7-8,10,14-15,18H,4-6,9H2,1-3H3. The smallest absolute Gasteiger partial charge is 0.124 e. The first-order chi connectivity index (χ1) is 9.12. The molecule has 2 unspecified atom stereocenters. The molecule has 19 heavy (non-hydrogen) atoms. The molecule has 2 atom stereocenters. The van der Waals surface area contributed by atoms with Crippen molar-refractivity contribution in [2.24, 2.45) is 0 Å². The topological polar surface area (TPSA) is 21.3 Å². The quantitative estimate of drug-likeness (QED) is 0.779. The number of halogens is 2. The number of methoxy groups -OCH3 is 1. The minimum atomic E-state index is -0.215. The van der Waals surface area contributed by atoms with Gasteiger partial charge in [-0.3, -0.25) is 0 Å². The molecule has 4 heteroatoms. The van der Waals surface area contributed by atoms with Crippen molar-refractivity contribution < 1.29 is 9.13 Å². The molecule has 0 aliphatic rings. The van der Waals surface area contributed by atoms with Gasteiger partial charge in [0.2, 0.25) is 0 Å². The fourth-order valence-electron chi connectivity index (χ4n) is 2.29. The molecule has 0 fully saturated rings. The van der Waals surface area contributed by atoms with E-state index in [0.717, 1.165) is 35.8 Å². The summed E-state index contributed by atoms with van der Waals surface area (Å²) in [6.45, 7) is 5.14. The lowest BCUT2D eigenvalue weighted by atomic mass is 9.98. The Morgan fingerprint density at radius 3 is 2.63 bits per heavy atom. The molecule has 0 amide bonds. The third kappa shape index (κ3) is 5.21. The zero-order valence-corrected chi connectivity index (χ0v) is 13.5. The van der Waals surface area contributed by atoms with Gasteiger partial charge in [0.25, 0.3) is 0 Å². The molecule has 0 saturated carbocycles. The molecular formula is C15H23BrFNO. The van der Waals surface area contributed by atoms with Crippen LogP contribution >= 0.6 is 15.9 Å². The first kappa shape index (κ1) is 16.6. The molecule has 0 aliphatic carbocycles. The average molecular weight is 332 g/mol. The second-order valence-corrected chi connectivity index (χ2v) is 5.52. The van der Waals surface area contributed by atoms with Crippen molar-refractivity contribution in [3.05, 3.63) is 34.1 Å². The van der Waals surface area contributed by atoms with Crippen LogP contribution in [0.5, 0.6) is 0 Å². The Bertz CT molecular complexity index is 386. The molecular weight excluding hydrogens is 309 g/mol. The minimum Gasteiger partial charge on any atom is -0.380 e.